The molecule has 0 bridgehead atoms. The zero-order chi connectivity index (χ0) is 8.36. The zero-order valence-electron chi connectivity index (χ0n) is 6.45. The summed E-state index contributed by atoms with van der Waals surface area (Å²) in [4.78, 5) is 22.6. The van der Waals surface area contributed by atoms with Crippen molar-refractivity contribution >= 4 is 6.08 Å². The molecule has 0 aliphatic carbocycles. The van der Waals surface area contributed by atoms with Crippen molar-refractivity contribution in [1.29, 1.82) is 0 Å². The topological polar surface area (TPSA) is 58.9 Å². The maximum Gasteiger partial charge on any atom is 0.234 e. The van der Waals surface area contributed by atoms with E-state index in [4.69, 9.17) is 0 Å². The highest BCUT2D eigenvalue weighted by atomic mass is 16.3. The molecule has 62 valence electrons. The first kappa shape index (κ1) is 9.98. The molecular formula is C7H12N2O2. The lowest BCUT2D eigenvalue weighted by Crippen LogP contribution is -1.84. The van der Waals surface area contributed by atoms with E-state index in [1.54, 1.807) is 0 Å². The molecule has 0 spiro atoms. The van der Waals surface area contributed by atoms with Gasteiger partial charge in [-0.2, -0.15) is 4.91 Å². The van der Waals surface area contributed by atoms with Gasteiger partial charge in [-0.25, -0.2) is 9.79 Å². The van der Waals surface area contributed by atoms with Crippen LogP contribution in [0, 0.1) is 4.91 Å². The Balaban J connectivity index is 2.90. The third-order valence-electron chi connectivity index (χ3n) is 1.33. The normalized spacial score (nSPS) is 8.73. The van der Waals surface area contributed by atoms with Crippen LogP contribution in [0.3, 0.4) is 0 Å². The minimum Gasteiger partial charge on any atom is -0.211 e. The van der Waals surface area contributed by atoms with Gasteiger partial charge < -0.3 is 0 Å². The second-order valence-corrected chi connectivity index (χ2v) is 2.24. The summed E-state index contributed by atoms with van der Waals surface area (Å²) < 4.78 is 0. The van der Waals surface area contributed by atoms with Crippen LogP contribution in [0.25, 0.3) is 0 Å². The van der Waals surface area contributed by atoms with Crippen LogP contribution in [0.5, 0.6) is 0 Å². The van der Waals surface area contributed by atoms with Crippen molar-refractivity contribution in [3.05, 3.63) is 4.91 Å². The van der Waals surface area contributed by atoms with Crippen molar-refractivity contribution in [2.24, 2.45) is 10.2 Å². The van der Waals surface area contributed by atoms with Gasteiger partial charge in [0, 0.05) is 0 Å². The predicted octanol–water partition coefficient (Wildman–Crippen LogP) is 1.65. The van der Waals surface area contributed by atoms with Gasteiger partial charge in [-0.15, -0.1) is 0 Å². The molecule has 0 radical (unpaired) electrons. The van der Waals surface area contributed by atoms with E-state index in [1.807, 2.05) is 0 Å². The molecule has 0 aromatic rings. The lowest BCUT2D eigenvalue weighted by atomic mass is 10.2. The number of aliphatic imine (C=N–C) groups is 1. The van der Waals surface area contributed by atoms with Gasteiger partial charge in [-0.1, -0.05) is 18.0 Å². The summed E-state index contributed by atoms with van der Waals surface area (Å²) in [5.41, 5.74) is 0. The van der Waals surface area contributed by atoms with Crippen LogP contribution in [0.4, 0.5) is 0 Å². The van der Waals surface area contributed by atoms with Gasteiger partial charge in [-0.3, -0.25) is 0 Å². The fourth-order valence-electron chi connectivity index (χ4n) is 0.766. The van der Waals surface area contributed by atoms with E-state index in [0.29, 0.717) is 13.1 Å². The summed E-state index contributed by atoms with van der Waals surface area (Å²) in [6, 6.07) is 0. The summed E-state index contributed by atoms with van der Waals surface area (Å²) in [6.07, 6.45) is 5.20. The average molecular weight is 156 g/mol. The first-order valence-electron chi connectivity index (χ1n) is 3.74. The van der Waals surface area contributed by atoms with E-state index in [-0.39, 0.29) is 0 Å². The monoisotopic (exact) mass is 156 g/mol. The molecule has 0 unspecified atom stereocenters. The Morgan fingerprint density at radius 3 is 2.18 bits per heavy atom. The highest BCUT2D eigenvalue weighted by molar-refractivity contribution is 5.32. The Morgan fingerprint density at radius 2 is 1.64 bits per heavy atom. The molecule has 0 heterocycles. The molecule has 0 rings (SSSR count). The molecule has 4 heteroatoms. The van der Waals surface area contributed by atoms with Crippen molar-refractivity contribution in [3.63, 3.8) is 0 Å². The third-order valence-corrected chi connectivity index (χ3v) is 1.33. The summed E-state index contributed by atoms with van der Waals surface area (Å²) in [5.74, 6) is 0. The van der Waals surface area contributed by atoms with Crippen molar-refractivity contribution in [3.8, 4) is 0 Å². The molecule has 0 aromatic carbocycles. The Kier molecular flexibility index (Phi) is 8.15. The Labute approximate surface area is 65.7 Å². The number of nitrogens with zero attached hydrogens (tertiary/aromatic N) is 2. The Hall–Kier alpha value is -1.02. The maximum atomic E-state index is 9.62. The van der Waals surface area contributed by atoms with Gasteiger partial charge in [-0.05, 0) is 12.8 Å². The first-order chi connectivity index (χ1) is 5.41. The molecule has 0 saturated carbocycles. The first-order valence-corrected chi connectivity index (χ1v) is 3.74. The molecule has 0 N–H and O–H groups in total. The summed E-state index contributed by atoms with van der Waals surface area (Å²) in [6.45, 7) is 0.953. The zero-order valence-corrected chi connectivity index (χ0v) is 6.45. The molecule has 0 saturated heterocycles. The van der Waals surface area contributed by atoms with Crippen LogP contribution >= 0.6 is 0 Å². The second kappa shape index (κ2) is 8.98. The standard InChI is InChI=1S/C7H12N2O2/c10-7-8-5-3-1-2-4-6-9-11/h1-6H2. The molecule has 0 fully saturated rings. The number of isocyanates is 1. The SMILES string of the molecule is O=C=NCCCCCCN=O. The van der Waals surface area contributed by atoms with Gasteiger partial charge >= 0.3 is 0 Å². The smallest absolute Gasteiger partial charge is 0.211 e. The van der Waals surface area contributed by atoms with E-state index < -0.39 is 0 Å². The highest BCUT2D eigenvalue weighted by Crippen LogP contribution is 1.99. The Morgan fingerprint density at radius 1 is 1.00 bits per heavy atom. The number of nitroso groups, excluding NO2 is 1. The summed E-state index contributed by atoms with van der Waals surface area (Å²) in [5, 5.41) is 2.73. The molecule has 0 atom stereocenters. The van der Waals surface area contributed by atoms with Crippen LogP contribution < -0.4 is 0 Å². The lowest BCUT2D eigenvalue weighted by molar-refractivity contribution is 0.561. The van der Waals surface area contributed by atoms with E-state index in [9.17, 15) is 9.70 Å². The predicted molar refractivity (Wildman–Crippen MR) is 42.1 cm³/mol. The average Bonchev–Trinajstić information content (AvgIpc) is 2.03. The molecular weight excluding hydrogens is 144 g/mol. The molecule has 4 nitrogen and oxygen atoms in total. The molecule has 11 heavy (non-hydrogen) atoms. The van der Waals surface area contributed by atoms with Crippen LogP contribution in [0.1, 0.15) is 25.7 Å². The number of hydrogen-bond donors (Lipinski definition) is 0. The summed E-state index contributed by atoms with van der Waals surface area (Å²) >= 11 is 0. The maximum absolute atomic E-state index is 9.62. The van der Waals surface area contributed by atoms with Gasteiger partial charge in [0.2, 0.25) is 6.08 Å². The van der Waals surface area contributed by atoms with Crippen molar-refractivity contribution in [2.75, 3.05) is 13.1 Å². The van der Waals surface area contributed by atoms with E-state index in [1.165, 1.54) is 6.08 Å². The van der Waals surface area contributed by atoms with Crippen LogP contribution in [0.2, 0.25) is 0 Å². The molecule has 0 amide bonds. The largest absolute Gasteiger partial charge is 0.234 e. The second-order valence-electron chi connectivity index (χ2n) is 2.24. The Bertz CT molecular complexity index is 141. The third kappa shape index (κ3) is 8.98. The van der Waals surface area contributed by atoms with Gasteiger partial charge in [0.1, 0.15) is 0 Å². The molecule has 0 aliphatic rings. The van der Waals surface area contributed by atoms with Crippen LogP contribution in [0.15, 0.2) is 10.2 Å². The minimum atomic E-state index is 0.400. The fraction of sp³-hybridized carbons (Fsp3) is 0.857. The summed E-state index contributed by atoms with van der Waals surface area (Å²) in [7, 11) is 0. The number of rotatable bonds is 7. The molecule has 0 aliphatic heterocycles. The number of carbonyl (C=O) groups excluding carboxylic acids is 1. The highest BCUT2D eigenvalue weighted by Gasteiger charge is 1.88. The van der Waals surface area contributed by atoms with Crippen molar-refractivity contribution in [2.45, 2.75) is 25.7 Å². The van der Waals surface area contributed by atoms with E-state index in [0.717, 1.165) is 25.7 Å². The fourth-order valence-corrected chi connectivity index (χ4v) is 0.766. The van der Waals surface area contributed by atoms with Gasteiger partial charge in [0.25, 0.3) is 0 Å². The number of hydrogen-bond acceptors (Lipinski definition) is 4. The van der Waals surface area contributed by atoms with Gasteiger partial charge in [0.05, 0.1) is 13.1 Å². The van der Waals surface area contributed by atoms with Crippen LogP contribution in [-0.2, 0) is 4.79 Å². The van der Waals surface area contributed by atoms with Crippen LogP contribution in [-0.4, -0.2) is 19.2 Å². The minimum absolute atomic E-state index is 0.400. The van der Waals surface area contributed by atoms with E-state index in [2.05, 4.69) is 10.2 Å². The van der Waals surface area contributed by atoms with Crippen molar-refractivity contribution < 1.29 is 4.79 Å². The lowest BCUT2D eigenvalue weighted by Gasteiger charge is -1.93. The van der Waals surface area contributed by atoms with Crippen molar-refractivity contribution in [1.82, 2.24) is 0 Å². The quantitative estimate of drug-likeness (QED) is 0.243. The molecule has 0 aromatic heterocycles. The number of unbranched alkanes of at least 4 members (excludes halogenated alkanes) is 3. The van der Waals surface area contributed by atoms with Gasteiger partial charge in [0.15, 0.2) is 0 Å². The van der Waals surface area contributed by atoms with E-state index >= 15 is 0 Å².